The van der Waals surface area contributed by atoms with Gasteiger partial charge in [-0.2, -0.15) is 0 Å². The van der Waals surface area contributed by atoms with Crippen LogP contribution in [0.2, 0.25) is 0 Å². The van der Waals surface area contributed by atoms with E-state index in [0.29, 0.717) is 12.0 Å². The molecule has 0 bridgehead atoms. The van der Waals surface area contributed by atoms with Crippen LogP contribution < -0.4 is 5.32 Å². The van der Waals surface area contributed by atoms with E-state index in [1.807, 2.05) is 6.20 Å². The first-order chi connectivity index (χ1) is 8.74. The summed E-state index contributed by atoms with van der Waals surface area (Å²) in [6, 6.07) is 1.38. The predicted octanol–water partition coefficient (Wildman–Crippen LogP) is 2.35. The molecule has 1 saturated carbocycles. The van der Waals surface area contributed by atoms with Crippen molar-refractivity contribution in [3.05, 3.63) is 16.6 Å². The smallest absolute Gasteiger partial charge is 0.107 e. The third kappa shape index (κ3) is 2.76. The van der Waals surface area contributed by atoms with Gasteiger partial charge in [-0.1, -0.05) is 13.8 Å². The molecule has 1 aromatic rings. The monoisotopic (exact) mass is 265 g/mol. The molecule has 1 aliphatic carbocycles. The van der Waals surface area contributed by atoms with Crippen LogP contribution in [0.25, 0.3) is 0 Å². The second kappa shape index (κ2) is 5.27. The lowest BCUT2D eigenvalue weighted by Crippen LogP contribution is -2.58. The van der Waals surface area contributed by atoms with Crippen molar-refractivity contribution in [2.75, 3.05) is 13.1 Å². The molecule has 2 aliphatic rings. The summed E-state index contributed by atoms with van der Waals surface area (Å²) in [5.74, 6) is 1.65. The number of nitrogens with zero attached hydrogens (tertiary/aromatic N) is 2. The largest absolute Gasteiger partial charge is 0.311 e. The molecule has 2 fully saturated rings. The first-order valence-electron chi connectivity index (χ1n) is 7.10. The minimum absolute atomic E-state index is 0.639. The van der Waals surface area contributed by atoms with Crippen molar-refractivity contribution in [1.82, 2.24) is 15.2 Å². The van der Waals surface area contributed by atoms with Crippen LogP contribution >= 0.6 is 11.3 Å². The highest BCUT2D eigenvalue weighted by Gasteiger charge is 2.39. The van der Waals surface area contributed by atoms with Gasteiger partial charge in [0.25, 0.3) is 0 Å². The molecule has 18 heavy (non-hydrogen) atoms. The van der Waals surface area contributed by atoms with Gasteiger partial charge >= 0.3 is 0 Å². The second-order valence-corrected chi connectivity index (χ2v) is 7.00. The van der Waals surface area contributed by atoms with Crippen molar-refractivity contribution in [3.63, 3.8) is 0 Å². The minimum atomic E-state index is 0.639. The molecule has 3 rings (SSSR count). The molecule has 2 heterocycles. The Morgan fingerprint density at radius 3 is 2.94 bits per heavy atom. The average Bonchev–Trinajstić information content (AvgIpc) is 3.07. The zero-order chi connectivity index (χ0) is 12.5. The molecule has 100 valence electrons. The van der Waals surface area contributed by atoms with E-state index < -0.39 is 0 Å². The van der Waals surface area contributed by atoms with Crippen molar-refractivity contribution in [3.8, 4) is 0 Å². The van der Waals surface area contributed by atoms with E-state index >= 15 is 0 Å². The van der Waals surface area contributed by atoms with Gasteiger partial charge in [-0.05, 0) is 24.7 Å². The minimum Gasteiger partial charge on any atom is -0.311 e. The Labute approximate surface area is 114 Å². The van der Waals surface area contributed by atoms with Gasteiger partial charge in [0.15, 0.2) is 0 Å². The van der Waals surface area contributed by atoms with E-state index in [1.54, 1.807) is 11.3 Å². The van der Waals surface area contributed by atoms with E-state index in [9.17, 15) is 0 Å². The maximum absolute atomic E-state index is 4.45. The van der Waals surface area contributed by atoms with Crippen LogP contribution in [0.4, 0.5) is 0 Å². The quantitative estimate of drug-likeness (QED) is 0.906. The lowest BCUT2D eigenvalue weighted by atomic mass is 9.97. The Morgan fingerprint density at radius 1 is 1.50 bits per heavy atom. The summed E-state index contributed by atoms with van der Waals surface area (Å²) < 4.78 is 0. The topological polar surface area (TPSA) is 28.2 Å². The van der Waals surface area contributed by atoms with Gasteiger partial charge < -0.3 is 5.32 Å². The van der Waals surface area contributed by atoms with Gasteiger partial charge in [0.05, 0.1) is 6.54 Å². The highest BCUT2D eigenvalue weighted by atomic mass is 32.1. The van der Waals surface area contributed by atoms with Gasteiger partial charge in [-0.25, -0.2) is 4.98 Å². The third-order valence-corrected chi connectivity index (χ3v) is 5.05. The molecule has 0 spiro atoms. The molecule has 1 aromatic heterocycles. The SMILES string of the molecule is CC(C)C1CN(Cc2nccs2)C(C2CC2)CN1. The zero-order valence-electron chi connectivity index (χ0n) is 11.3. The standard InChI is InChI=1S/C14H23N3S/c1-10(2)12-8-17(9-14-15-5-6-18-14)13(7-16-12)11-3-4-11/h5-6,10-13,16H,3-4,7-9H2,1-2H3. The number of aromatic nitrogens is 1. The summed E-state index contributed by atoms with van der Waals surface area (Å²) in [6.45, 7) is 8.02. The third-order valence-electron chi connectivity index (χ3n) is 4.28. The molecule has 0 radical (unpaired) electrons. The fourth-order valence-electron chi connectivity index (χ4n) is 2.93. The lowest BCUT2D eigenvalue weighted by molar-refractivity contribution is 0.0925. The Hall–Kier alpha value is -0.450. The van der Waals surface area contributed by atoms with Crippen LogP contribution in [0.3, 0.4) is 0 Å². The van der Waals surface area contributed by atoms with Crippen molar-refractivity contribution < 1.29 is 0 Å². The van der Waals surface area contributed by atoms with E-state index in [2.05, 4.69) is 34.4 Å². The summed E-state index contributed by atoms with van der Waals surface area (Å²) in [5.41, 5.74) is 0. The summed E-state index contributed by atoms with van der Waals surface area (Å²) in [5, 5.41) is 7.10. The molecule has 1 saturated heterocycles. The summed E-state index contributed by atoms with van der Waals surface area (Å²) in [6.07, 6.45) is 4.77. The summed E-state index contributed by atoms with van der Waals surface area (Å²) >= 11 is 1.79. The normalized spacial score (nSPS) is 29.9. The second-order valence-electron chi connectivity index (χ2n) is 6.02. The predicted molar refractivity (Wildman–Crippen MR) is 75.7 cm³/mol. The Morgan fingerprint density at radius 2 is 2.33 bits per heavy atom. The van der Waals surface area contributed by atoms with Crippen LogP contribution in [0.5, 0.6) is 0 Å². The molecule has 1 aliphatic heterocycles. The number of hydrogen-bond acceptors (Lipinski definition) is 4. The fourth-order valence-corrected chi connectivity index (χ4v) is 3.57. The molecule has 3 nitrogen and oxygen atoms in total. The van der Waals surface area contributed by atoms with Gasteiger partial charge in [0.2, 0.25) is 0 Å². The van der Waals surface area contributed by atoms with Crippen LogP contribution in [0.15, 0.2) is 11.6 Å². The van der Waals surface area contributed by atoms with E-state index in [-0.39, 0.29) is 0 Å². The highest BCUT2D eigenvalue weighted by Crippen LogP contribution is 2.37. The summed E-state index contributed by atoms with van der Waals surface area (Å²) in [4.78, 5) is 7.13. The maximum Gasteiger partial charge on any atom is 0.107 e. The Bertz CT molecular complexity index is 372. The van der Waals surface area contributed by atoms with Gasteiger partial charge in [0.1, 0.15) is 5.01 Å². The average molecular weight is 265 g/mol. The molecule has 4 heteroatoms. The summed E-state index contributed by atoms with van der Waals surface area (Å²) in [7, 11) is 0. The zero-order valence-corrected chi connectivity index (χ0v) is 12.1. The lowest BCUT2D eigenvalue weighted by Gasteiger charge is -2.41. The van der Waals surface area contributed by atoms with Crippen LogP contribution in [0, 0.1) is 11.8 Å². The molecule has 0 aromatic carbocycles. The molecule has 2 unspecified atom stereocenters. The number of nitrogens with one attached hydrogen (secondary N) is 1. The molecular weight excluding hydrogens is 242 g/mol. The fraction of sp³-hybridized carbons (Fsp3) is 0.786. The van der Waals surface area contributed by atoms with Crippen molar-refractivity contribution in [2.45, 2.75) is 45.3 Å². The van der Waals surface area contributed by atoms with Gasteiger partial charge in [0, 0.05) is 36.8 Å². The van der Waals surface area contributed by atoms with Crippen LogP contribution in [-0.2, 0) is 6.54 Å². The molecule has 2 atom stereocenters. The van der Waals surface area contributed by atoms with Crippen molar-refractivity contribution in [1.29, 1.82) is 0 Å². The molecular formula is C14H23N3S. The van der Waals surface area contributed by atoms with Crippen LogP contribution in [0.1, 0.15) is 31.7 Å². The van der Waals surface area contributed by atoms with Gasteiger partial charge in [-0.15, -0.1) is 11.3 Å². The molecule has 0 amide bonds. The van der Waals surface area contributed by atoms with Gasteiger partial charge in [-0.3, -0.25) is 4.90 Å². The first kappa shape index (κ1) is 12.6. The number of hydrogen-bond donors (Lipinski definition) is 1. The Balaban J connectivity index is 1.68. The first-order valence-corrected chi connectivity index (χ1v) is 7.98. The number of piperazine rings is 1. The number of rotatable bonds is 4. The van der Waals surface area contributed by atoms with E-state index in [1.165, 1.54) is 30.9 Å². The van der Waals surface area contributed by atoms with Crippen molar-refractivity contribution in [2.24, 2.45) is 11.8 Å². The molecule has 1 N–H and O–H groups in total. The van der Waals surface area contributed by atoms with E-state index in [0.717, 1.165) is 18.5 Å². The van der Waals surface area contributed by atoms with Crippen LogP contribution in [-0.4, -0.2) is 35.1 Å². The van der Waals surface area contributed by atoms with Crippen molar-refractivity contribution >= 4 is 11.3 Å². The van der Waals surface area contributed by atoms with E-state index in [4.69, 9.17) is 0 Å². The maximum atomic E-state index is 4.45. The Kier molecular flexibility index (Phi) is 3.68. The number of thiazole rings is 1. The highest BCUT2D eigenvalue weighted by molar-refractivity contribution is 7.09.